The first-order valence-corrected chi connectivity index (χ1v) is 10.5. The molecule has 1 aromatic heterocycles. The van der Waals surface area contributed by atoms with Crippen LogP contribution in [-0.4, -0.2) is 4.57 Å². The fraction of sp³-hybridized carbons (Fsp3) is 0.120. The molecule has 0 aliphatic carbocycles. The SMILES string of the molecule is Cc1ccc(-c2cc(-c3ccc(C)cc3Cl)n(-c3ccc(C)cc3Cl)c2)c(Cl)c1. The predicted molar refractivity (Wildman–Crippen MR) is 126 cm³/mol. The summed E-state index contributed by atoms with van der Waals surface area (Å²) >= 11 is 19.8. The van der Waals surface area contributed by atoms with Crippen molar-refractivity contribution in [2.24, 2.45) is 0 Å². The van der Waals surface area contributed by atoms with Gasteiger partial charge in [0.25, 0.3) is 0 Å². The molecule has 0 aliphatic rings. The summed E-state index contributed by atoms with van der Waals surface area (Å²) < 4.78 is 2.09. The molecule has 146 valence electrons. The molecular formula is C25H20Cl3N. The average molecular weight is 441 g/mol. The Morgan fingerprint density at radius 3 is 1.66 bits per heavy atom. The topological polar surface area (TPSA) is 4.93 Å². The molecule has 3 aromatic carbocycles. The van der Waals surface area contributed by atoms with Gasteiger partial charge in [0.2, 0.25) is 0 Å². The van der Waals surface area contributed by atoms with Crippen LogP contribution in [0.5, 0.6) is 0 Å². The molecule has 4 heteroatoms. The van der Waals surface area contributed by atoms with Crippen LogP contribution in [0.2, 0.25) is 15.1 Å². The minimum absolute atomic E-state index is 0.687. The second kappa shape index (κ2) is 7.91. The highest BCUT2D eigenvalue weighted by Crippen LogP contribution is 2.38. The van der Waals surface area contributed by atoms with Gasteiger partial charge in [0.05, 0.1) is 21.4 Å². The Kier molecular flexibility index (Phi) is 5.48. The average Bonchev–Trinajstić information content (AvgIpc) is 3.06. The van der Waals surface area contributed by atoms with Crippen LogP contribution in [-0.2, 0) is 0 Å². The zero-order valence-corrected chi connectivity index (χ0v) is 18.7. The second-order valence-corrected chi connectivity index (χ2v) is 8.63. The number of rotatable bonds is 3. The molecule has 0 bridgehead atoms. The van der Waals surface area contributed by atoms with Gasteiger partial charge in [-0.15, -0.1) is 0 Å². The Hall–Kier alpha value is -2.19. The van der Waals surface area contributed by atoms with E-state index in [1.54, 1.807) is 0 Å². The Morgan fingerprint density at radius 2 is 1.10 bits per heavy atom. The highest BCUT2D eigenvalue weighted by Gasteiger charge is 2.17. The van der Waals surface area contributed by atoms with Crippen LogP contribution in [0.4, 0.5) is 0 Å². The molecule has 0 amide bonds. The first-order chi connectivity index (χ1) is 13.8. The summed E-state index contributed by atoms with van der Waals surface area (Å²) in [5.41, 5.74) is 8.16. The number of aromatic nitrogens is 1. The maximum atomic E-state index is 6.62. The van der Waals surface area contributed by atoms with E-state index in [4.69, 9.17) is 34.8 Å². The molecule has 0 radical (unpaired) electrons. The summed E-state index contributed by atoms with van der Waals surface area (Å²) in [6.45, 7) is 6.09. The third kappa shape index (κ3) is 3.96. The molecule has 1 nitrogen and oxygen atoms in total. The highest BCUT2D eigenvalue weighted by atomic mass is 35.5. The number of halogens is 3. The lowest BCUT2D eigenvalue weighted by Gasteiger charge is -2.13. The van der Waals surface area contributed by atoms with E-state index < -0.39 is 0 Å². The molecule has 4 rings (SSSR count). The smallest absolute Gasteiger partial charge is 0.0649 e. The van der Waals surface area contributed by atoms with Crippen molar-refractivity contribution in [3.05, 3.63) is 98.6 Å². The van der Waals surface area contributed by atoms with Crippen LogP contribution in [0, 0.1) is 20.8 Å². The minimum Gasteiger partial charge on any atom is -0.314 e. The Morgan fingerprint density at radius 1 is 0.586 bits per heavy atom. The molecule has 0 saturated carbocycles. The number of hydrogen-bond donors (Lipinski definition) is 0. The third-order valence-electron chi connectivity index (χ3n) is 5.02. The predicted octanol–water partition coefficient (Wildman–Crippen LogP) is 8.70. The van der Waals surface area contributed by atoms with Gasteiger partial charge < -0.3 is 4.57 Å². The van der Waals surface area contributed by atoms with Gasteiger partial charge in [-0.25, -0.2) is 0 Å². The minimum atomic E-state index is 0.687. The maximum absolute atomic E-state index is 6.62. The maximum Gasteiger partial charge on any atom is 0.0649 e. The van der Waals surface area contributed by atoms with E-state index in [9.17, 15) is 0 Å². The van der Waals surface area contributed by atoms with E-state index in [-0.39, 0.29) is 0 Å². The van der Waals surface area contributed by atoms with E-state index in [1.807, 2.05) is 51.1 Å². The molecule has 0 fully saturated rings. The van der Waals surface area contributed by atoms with Crippen molar-refractivity contribution in [2.45, 2.75) is 20.8 Å². The highest BCUT2D eigenvalue weighted by molar-refractivity contribution is 6.34. The quantitative estimate of drug-likeness (QED) is 0.300. The van der Waals surface area contributed by atoms with E-state index in [0.29, 0.717) is 10.0 Å². The zero-order valence-electron chi connectivity index (χ0n) is 16.4. The van der Waals surface area contributed by atoms with Crippen molar-refractivity contribution >= 4 is 34.8 Å². The van der Waals surface area contributed by atoms with Crippen molar-refractivity contribution in [3.8, 4) is 28.1 Å². The first-order valence-electron chi connectivity index (χ1n) is 9.35. The van der Waals surface area contributed by atoms with Crippen LogP contribution in [0.25, 0.3) is 28.1 Å². The normalized spacial score (nSPS) is 11.1. The standard InChI is InChI=1S/C25H20Cl3N/c1-15-4-7-19(21(26)10-15)18-13-25(20-8-5-16(2)11-22(20)27)29(14-18)24-9-6-17(3)12-23(24)28/h4-14H,1-3H3. The number of benzene rings is 3. The number of aryl methyl sites for hydroxylation is 3. The molecule has 0 unspecified atom stereocenters. The zero-order chi connectivity index (χ0) is 20.7. The molecular weight excluding hydrogens is 421 g/mol. The van der Waals surface area contributed by atoms with Crippen molar-refractivity contribution < 1.29 is 0 Å². The fourth-order valence-electron chi connectivity index (χ4n) is 3.51. The van der Waals surface area contributed by atoms with Gasteiger partial charge in [-0.3, -0.25) is 0 Å². The Labute approximate surface area is 186 Å². The fourth-order valence-corrected chi connectivity index (χ4v) is 4.51. The van der Waals surface area contributed by atoms with Crippen LogP contribution in [0.1, 0.15) is 16.7 Å². The van der Waals surface area contributed by atoms with E-state index in [0.717, 1.165) is 49.8 Å². The number of nitrogens with zero attached hydrogens (tertiary/aromatic N) is 1. The second-order valence-electron chi connectivity index (χ2n) is 7.41. The summed E-state index contributed by atoms with van der Waals surface area (Å²) in [5.74, 6) is 0. The van der Waals surface area contributed by atoms with E-state index in [2.05, 4.69) is 41.1 Å². The Bertz CT molecular complexity index is 1150. The lowest BCUT2D eigenvalue weighted by Crippen LogP contribution is -1.97. The molecule has 0 spiro atoms. The van der Waals surface area contributed by atoms with Crippen LogP contribution in [0.15, 0.2) is 66.9 Å². The van der Waals surface area contributed by atoms with Crippen LogP contribution in [0.3, 0.4) is 0 Å². The van der Waals surface area contributed by atoms with Gasteiger partial charge in [-0.2, -0.15) is 0 Å². The molecule has 0 aliphatic heterocycles. The van der Waals surface area contributed by atoms with Crippen molar-refractivity contribution in [3.63, 3.8) is 0 Å². The number of hydrogen-bond acceptors (Lipinski definition) is 0. The summed E-state index contributed by atoms with van der Waals surface area (Å²) in [6.07, 6.45) is 2.07. The van der Waals surface area contributed by atoms with Gasteiger partial charge >= 0.3 is 0 Å². The first kappa shape index (κ1) is 20.1. The lowest BCUT2D eigenvalue weighted by atomic mass is 10.0. The van der Waals surface area contributed by atoms with Crippen molar-refractivity contribution in [1.82, 2.24) is 4.57 Å². The lowest BCUT2D eigenvalue weighted by molar-refractivity contribution is 1.09. The largest absolute Gasteiger partial charge is 0.314 e. The van der Waals surface area contributed by atoms with Crippen LogP contribution < -0.4 is 0 Å². The van der Waals surface area contributed by atoms with Crippen molar-refractivity contribution in [2.75, 3.05) is 0 Å². The summed E-state index contributed by atoms with van der Waals surface area (Å²) in [4.78, 5) is 0. The monoisotopic (exact) mass is 439 g/mol. The van der Waals surface area contributed by atoms with Gasteiger partial charge in [0, 0.05) is 27.9 Å². The summed E-state index contributed by atoms with van der Waals surface area (Å²) in [7, 11) is 0. The molecule has 0 saturated heterocycles. The third-order valence-corrected chi connectivity index (χ3v) is 5.95. The molecule has 0 atom stereocenters. The summed E-state index contributed by atoms with van der Waals surface area (Å²) in [6, 6.07) is 20.4. The summed E-state index contributed by atoms with van der Waals surface area (Å²) in [5, 5.41) is 2.11. The van der Waals surface area contributed by atoms with Crippen LogP contribution >= 0.6 is 34.8 Å². The van der Waals surface area contributed by atoms with Gasteiger partial charge in [-0.05, 0) is 67.8 Å². The molecule has 1 heterocycles. The Balaban J connectivity index is 1.98. The van der Waals surface area contributed by atoms with E-state index >= 15 is 0 Å². The van der Waals surface area contributed by atoms with Gasteiger partial charge in [0.15, 0.2) is 0 Å². The van der Waals surface area contributed by atoms with Crippen molar-refractivity contribution in [1.29, 1.82) is 0 Å². The van der Waals surface area contributed by atoms with E-state index in [1.165, 1.54) is 0 Å². The van der Waals surface area contributed by atoms with Gasteiger partial charge in [-0.1, -0.05) is 65.1 Å². The molecule has 4 aromatic rings. The molecule has 0 N–H and O–H groups in total. The van der Waals surface area contributed by atoms with Gasteiger partial charge in [0.1, 0.15) is 0 Å². The molecule has 29 heavy (non-hydrogen) atoms.